The number of benzene rings is 1. The lowest BCUT2D eigenvalue weighted by Crippen LogP contribution is -2.32. The predicted molar refractivity (Wildman–Crippen MR) is 98.6 cm³/mol. The van der Waals surface area contributed by atoms with Gasteiger partial charge >= 0.3 is 0 Å². The van der Waals surface area contributed by atoms with Crippen molar-refractivity contribution >= 4 is 0 Å². The Morgan fingerprint density at radius 2 is 1.92 bits per heavy atom. The van der Waals surface area contributed by atoms with E-state index in [2.05, 4.69) is 16.6 Å². The van der Waals surface area contributed by atoms with E-state index >= 15 is 0 Å². The number of likely N-dealkylation sites (tertiary alicyclic amines) is 1. The average molecular weight is 340 g/mol. The van der Waals surface area contributed by atoms with Gasteiger partial charge in [0.15, 0.2) is 0 Å². The Hall–Kier alpha value is -1.85. The number of nitrogens with two attached hydrogens (primary N) is 1. The van der Waals surface area contributed by atoms with Crippen LogP contribution in [0.15, 0.2) is 30.3 Å². The summed E-state index contributed by atoms with van der Waals surface area (Å²) in [7, 11) is 2.20. The summed E-state index contributed by atoms with van der Waals surface area (Å²) >= 11 is 0. The normalized spacial score (nSPS) is 21.9. The van der Waals surface area contributed by atoms with E-state index in [1.807, 2.05) is 30.3 Å². The highest BCUT2D eigenvalue weighted by molar-refractivity contribution is 5.33. The second-order valence-electron chi connectivity index (χ2n) is 7.39. The summed E-state index contributed by atoms with van der Waals surface area (Å²) in [6, 6.07) is 10.6. The first-order valence-corrected chi connectivity index (χ1v) is 9.44. The van der Waals surface area contributed by atoms with Gasteiger partial charge in [-0.15, -0.1) is 0 Å². The molecule has 25 heavy (non-hydrogen) atoms. The molecule has 5 heteroatoms. The van der Waals surface area contributed by atoms with Crippen molar-refractivity contribution in [3.8, 4) is 5.75 Å². The smallest absolute Gasteiger partial charge is 0.132 e. The van der Waals surface area contributed by atoms with E-state index in [4.69, 9.17) is 15.6 Å². The van der Waals surface area contributed by atoms with Crippen LogP contribution in [-0.2, 0) is 13.0 Å². The first kappa shape index (κ1) is 16.6. The Kier molecular flexibility index (Phi) is 4.77. The minimum absolute atomic E-state index is 0.0955. The second-order valence-corrected chi connectivity index (χ2v) is 7.39. The number of aromatic nitrogens is 2. The summed E-state index contributed by atoms with van der Waals surface area (Å²) in [5.41, 5.74) is 10.1. The first-order chi connectivity index (χ1) is 12.2. The molecule has 0 spiro atoms. The van der Waals surface area contributed by atoms with Crippen molar-refractivity contribution in [2.24, 2.45) is 5.73 Å². The minimum Gasteiger partial charge on any atom is -0.487 e. The number of rotatable bonds is 4. The summed E-state index contributed by atoms with van der Waals surface area (Å²) in [6.45, 7) is 2.78. The molecule has 1 aromatic heterocycles. The van der Waals surface area contributed by atoms with Crippen LogP contribution in [0, 0.1) is 0 Å². The molecule has 1 fully saturated rings. The first-order valence-electron chi connectivity index (χ1n) is 9.44. The van der Waals surface area contributed by atoms with Crippen LogP contribution in [0.1, 0.15) is 54.7 Å². The monoisotopic (exact) mass is 340 g/mol. The maximum absolute atomic E-state index is 6.46. The number of hydrogen-bond acceptors (Lipinski definition) is 4. The van der Waals surface area contributed by atoms with Crippen LogP contribution in [0.3, 0.4) is 0 Å². The quantitative estimate of drug-likeness (QED) is 0.929. The van der Waals surface area contributed by atoms with Crippen LogP contribution in [0.2, 0.25) is 0 Å². The van der Waals surface area contributed by atoms with Gasteiger partial charge in [-0.2, -0.15) is 5.10 Å². The number of ether oxygens (including phenoxy) is 1. The number of fused-ring (bicyclic) bond motifs is 1. The van der Waals surface area contributed by atoms with Gasteiger partial charge in [0.2, 0.25) is 0 Å². The van der Waals surface area contributed by atoms with Crippen molar-refractivity contribution in [2.45, 2.75) is 50.8 Å². The second kappa shape index (κ2) is 7.18. The molecule has 0 saturated carbocycles. The van der Waals surface area contributed by atoms with Crippen molar-refractivity contribution in [2.75, 3.05) is 20.1 Å². The SMILES string of the molecule is CN1CCC(n2nc(COc3ccccc3)c3c2CCCC3N)CC1. The van der Waals surface area contributed by atoms with Gasteiger partial charge in [0, 0.05) is 17.3 Å². The third-order valence-electron chi connectivity index (χ3n) is 5.58. The third kappa shape index (κ3) is 3.44. The lowest BCUT2D eigenvalue weighted by molar-refractivity contribution is 0.207. The zero-order chi connectivity index (χ0) is 17.2. The molecule has 1 atom stereocenters. The molecule has 2 heterocycles. The van der Waals surface area contributed by atoms with Gasteiger partial charge in [-0.25, -0.2) is 0 Å². The van der Waals surface area contributed by atoms with Crippen molar-refractivity contribution in [1.82, 2.24) is 14.7 Å². The zero-order valence-electron chi connectivity index (χ0n) is 15.0. The van der Waals surface area contributed by atoms with Gasteiger partial charge in [-0.1, -0.05) is 18.2 Å². The van der Waals surface area contributed by atoms with Gasteiger partial charge in [-0.3, -0.25) is 4.68 Å². The van der Waals surface area contributed by atoms with E-state index in [9.17, 15) is 0 Å². The number of nitrogens with zero attached hydrogens (tertiary/aromatic N) is 3. The molecule has 1 unspecified atom stereocenters. The summed E-state index contributed by atoms with van der Waals surface area (Å²) in [4.78, 5) is 2.40. The van der Waals surface area contributed by atoms with Gasteiger partial charge in [0.1, 0.15) is 18.1 Å². The van der Waals surface area contributed by atoms with Crippen molar-refractivity contribution in [3.63, 3.8) is 0 Å². The van der Waals surface area contributed by atoms with Crippen LogP contribution in [0.25, 0.3) is 0 Å². The molecular weight excluding hydrogens is 312 g/mol. The molecule has 1 aromatic carbocycles. The Labute approximate surface area is 149 Å². The minimum atomic E-state index is 0.0955. The van der Waals surface area contributed by atoms with Crippen LogP contribution in [0.5, 0.6) is 5.75 Å². The zero-order valence-corrected chi connectivity index (χ0v) is 15.0. The van der Waals surface area contributed by atoms with Gasteiger partial charge in [-0.05, 0) is 64.4 Å². The number of para-hydroxylation sites is 1. The Bertz CT molecular complexity index is 704. The fourth-order valence-corrected chi connectivity index (χ4v) is 4.16. The predicted octanol–water partition coefficient (Wildman–Crippen LogP) is 3.06. The number of piperidine rings is 1. The van der Waals surface area contributed by atoms with Crippen molar-refractivity contribution in [1.29, 1.82) is 0 Å². The fourth-order valence-electron chi connectivity index (χ4n) is 4.16. The van der Waals surface area contributed by atoms with E-state index in [-0.39, 0.29) is 6.04 Å². The highest BCUT2D eigenvalue weighted by Crippen LogP contribution is 2.35. The summed E-state index contributed by atoms with van der Waals surface area (Å²) < 4.78 is 8.28. The lowest BCUT2D eigenvalue weighted by Gasteiger charge is -2.31. The highest BCUT2D eigenvalue weighted by Gasteiger charge is 2.30. The molecule has 2 aliphatic rings. The summed E-state index contributed by atoms with van der Waals surface area (Å²) in [5, 5.41) is 5.00. The van der Waals surface area contributed by atoms with E-state index < -0.39 is 0 Å². The van der Waals surface area contributed by atoms with Crippen LogP contribution < -0.4 is 10.5 Å². The molecule has 1 aliphatic heterocycles. The fraction of sp³-hybridized carbons (Fsp3) is 0.550. The van der Waals surface area contributed by atoms with Crippen LogP contribution >= 0.6 is 0 Å². The molecule has 0 bridgehead atoms. The molecule has 5 nitrogen and oxygen atoms in total. The average Bonchev–Trinajstić information content (AvgIpc) is 3.02. The van der Waals surface area contributed by atoms with Crippen LogP contribution in [0.4, 0.5) is 0 Å². The lowest BCUT2D eigenvalue weighted by atomic mass is 9.91. The van der Waals surface area contributed by atoms with Crippen LogP contribution in [-0.4, -0.2) is 34.8 Å². The molecule has 134 valence electrons. The maximum Gasteiger partial charge on any atom is 0.132 e. The van der Waals surface area contributed by atoms with E-state index in [0.717, 1.165) is 43.8 Å². The topological polar surface area (TPSA) is 56.3 Å². The number of hydrogen-bond donors (Lipinski definition) is 1. The Morgan fingerprint density at radius 1 is 1.16 bits per heavy atom. The van der Waals surface area contributed by atoms with Crippen molar-refractivity contribution < 1.29 is 4.74 Å². The molecule has 0 amide bonds. The maximum atomic E-state index is 6.46. The van der Waals surface area contributed by atoms with Gasteiger partial charge < -0.3 is 15.4 Å². The summed E-state index contributed by atoms with van der Waals surface area (Å²) in [6.07, 6.45) is 5.63. The Morgan fingerprint density at radius 3 is 2.68 bits per heavy atom. The standard InChI is InChI=1S/C20H28N4O/c1-23-12-10-15(11-13-23)24-19-9-5-8-17(21)20(19)18(22-24)14-25-16-6-3-2-4-7-16/h2-4,6-7,15,17H,5,8-14,21H2,1H3. The molecule has 2 N–H and O–H groups in total. The molecule has 1 saturated heterocycles. The molecule has 1 aliphatic carbocycles. The third-order valence-corrected chi connectivity index (χ3v) is 5.58. The summed E-state index contributed by atoms with van der Waals surface area (Å²) in [5.74, 6) is 0.884. The Balaban J connectivity index is 1.60. The van der Waals surface area contributed by atoms with E-state index in [1.165, 1.54) is 24.1 Å². The molecule has 4 rings (SSSR count). The van der Waals surface area contributed by atoms with E-state index in [0.29, 0.717) is 12.6 Å². The van der Waals surface area contributed by atoms with Gasteiger partial charge in [0.05, 0.1) is 6.04 Å². The van der Waals surface area contributed by atoms with Gasteiger partial charge in [0.25, 0.3) is 0 Å². The molecule has 0 radical (unpaired) electrons. The molecule has 2 aromatic rings. The van der Waals surface area contributed by atoms with E-state index in [1.54, 1.807) is 0 Å². The van der Waals surface area contributed by atoms with Crippen molar-refractivity contribution in [3.05, 3.63) is 47.3 Å². The highest BCUT2D eigenvalue weighted by atomic mass is 16.5. The molecular formula is C20H28N4O. The largest absolute Gasteiger partial charge is 0.487 e.